The SMILES string of the molecule is CNC(=O)[C@@H]1C[C@@H]1[C@@H](NC(=O)OCc1ccccc1)c1ccccc1. The number of carbonyl (C=O) groups excluding carboxylic acids is 2. The Morgan fingerprint density at radius 1 is 1.08 bits per heavy atom. The molecule has 0 bridgehead atoms. The molecule has 0 aliphatic heterocycles. The summed E-state index contributed by atoms with van der Waals surface area (Å²) in [7, 11) is 1.64. The lowest BCUT2D eigenvalue weighted by atomic mass is 10.0. The van der Waals surface area contributed by atoms with Gasteiger partial charge in [0.1, 0.15) is 6.61 Å². The normalized spacial score (nSPS) is 19.6. The van der Waals surface area contributed by atoms with Gasteiger partial charge in [-0.1, -0.05) is 60.7 Å². The maximum atomic E-state index is 12.2. The lowest BCUT2D eigenvalue weighted by Gasteiger charge is -2.19. The van der Waals surface area contributed by atoms with Crippen LogP contribution in [0.4, 0.5) is 4.79 Å². The summed E-state index contributed by atoms with van der Waals surface area (Å²) >= 11 is 0. The predicted octanol–water partition coefficient (Wildman–Crippen LogP) is 3.04. The van der Waals surface area contributed by atoms with E-state index in [-0.39, 0.29) is 30.4 Å². The molecule has 2 aromatic rings. The Morgan fingerprint density at radius 2 is 1.72 bits per heavy atom. The van der Waals surface area contributed by atoms with Crippen LogP contribution in [0.3, 0.4) is 0 Å². The van der Waals surface area contributed by atoms with E-state index in [1.807, 2.05) is 60.7 Å². The van der Waals surface area contributed by atoms with E-state index in [1.54, 1.807) is 7.05 Å². The third-order valence-electron chi connectivity index (χ3n) is 4.50. The first kappa shape index (κ1) is 17.0. The Hall–Kier alpha value is -2.82. The standard InChI is InChI=1S/C20H22N2O3/c1-21-19(23)17-12-16(17)18(15-10-6-3-7-11-15)22-20(24)25-13-14-8-4-2-5-9-14/h2-11,16-18H,12-13H2,1H3,(H,21,23)(H,22,24)/t16-,17+,18-/m0/s1. The number of amides is 2. The summed E-state index contributed by atoms with van der Waals surface area (Å²) in [6.07, 6.45) is 0.290. The lowest BCUT2D eigenvalue weighted by molar-refractivity contribution is -0.122. The van der Waals surface area contributed by atoms with Crippen LogP contribution < -0.4 is 10.6 Å². The summed E-state index contributed by atoms with van der Waals surface area (Å²) in [6.45, 7) is 0.220. The highest BCUT2D eigenvalue weighted by atomic mass is 16.5. The number of ether oxygens (including phenoxy) is 1. The maximum absolute atomic E-state index is 12.2. The molecule has 5 nitrogen and oxygen atoms in total. The monoisotopic (exact) mass is 338 g/mol. The summed E-state index contributed by atoms with van der Waals surface area (Å²) in [4.78, 5) is 24.1. The first-order chi connectivity index (χ1) is 12.2. The van der Waals surface area contributed by atoms with Gasteiger partial charge in [0.2, 0.25) is 5.91 Å². The molecular formula is C20H22N2O3. The molecule has 2 N–H and O–H groups in total. The van der Waals surface area contributed by atoms with Gasteiger partial charge < -0.3 is 15.4 Å². The van der Waals surface area contributed by atoms with Crippen molar-refractivity contribution >= 4 is 12.0 Å². The highest BCUT2D eigenvalue weighted by molar-refractivity contribution is 5.81. The topological polar surface area (TPSA) is 67.4 Å². The minimum atomic E-state index is -0.472. The molecule has 2 aromatic carbocycles. The molecule has 2 amide bonds. The van der Waals surface area contributed by atoms with E-state index in [4.69, 9.17) is 4.74 Å². The van der Waals surface area contributed by atoms with Crippen LogP contribution >= 0.6 is 0 Å². The maximum Gasteiger partial charge on any atom is 0.407 e. The molecular weight excluding hydrogens is 316 g/mol. The van der Waals surface area contributed by atoms with Crippen molar-refractivity contribution in [2.75, 3.05) is 7.05 Å². The quantitative estimate of drug-likeness (QED) is 0.851. The van der Waals surface area contributed by atoms with E-state index in [2.05, 4.69) is 10.6 Å². The highest BCUT2D eigenvalue weighted by Crippen LogP contribution is 2.47. The number of alkyl carbamates (subject to hydrolysis) is 1. The number of nitrogens with one attached hydrogen (secondary N) is 2. The Kier molecular flexibility index (Phi) is 5.33. The summed E-state index contributed by atoms with van der Waals surface area (Å²) in [5.41, 5.74) is 1.92. The zero-order valence-electron chi connectivity index (χ0n) is 14.1. The van der Waals surface area contributed by atoms with E-state index < -0.39 is 6.09 Å². The molecule has 0 heterocycles. The minimum Gasteiger partial charge on any atom is -0.445 e. The van der Waals surface area contributed by atoms with E-state index in [0.29, 0.717) is 0 Å². The summed E-state index contributed by atoms with van der Waals surface area (Å²) in [6, 6.07) is 19.0. The van der Waals surface area contributed by atoms with Crippen molar-refractivity contribution in [2.24, 2.45) is 11.8 Å². The third kappa shape index (κ3) is 4.38. The van der Waals surface area contributed by atoms with Gasteiger partial charge in [0, 0.05) is 13.0 Å². The van der Waals surface area contributed by atoms with Crippen molar-refractivity contribution in [2.45, 2.75) is 19.1 Å². The van der Waals surface area contributed by atoms with Gasteiger partial charge in [-0.3, -0.25) is 4.79 Å². The van der Waals surface area contributed by atoms with Crippen LogP contribution in [0.1, 0.15) is 23.6 Å². The molecule has 1 aliphatic carbocycles. The Balaban J connectivity index is 1.64. The third-order valence-corrected chi connectivity index (χ3v) is 4.50. The highest BCUT2D eigenvalue weighted by Gasteiger charge is 2.48. The Labute approximate surface area is 147 Å². The second-order valence-electron chi connectivity index (χ2n) is 6.21. The van der Waals surface area contributed by atoms with Gasteiger partial charge in [-0.2, -0.15) is 0 Å². The van der Waals surface area contributed by atoms with Gasteiger partial charge in [0.25, 0.3) is 0 Å². The number of benzene rings is 2. The molecule has 3 rings (SSSR count). The Bertz CT molecular complexity index is 718. The summed E-state index contributed by atoms with van der Waals surface area (Å²) in [5.74, 6) is 0.0432. The van der Waals surface area contributed by atoms with Crippen molar-refractivity contribution in [3.63, 3.8) is 0 Å². The second kappa shape index (κ2) is 7.83. The summed E-state index contributed by atoms with van der Waals surface area (Å²) in [5, 5.41) is 5.61. The van der Waals surface area contributed by atoms with Crippen LogP contribution in [0, 0.1) is 11.8 Å². The molecule has 25 heavy (non-hydrogen) atoms. The average molecular weight is 338 g/mol. The Morgan fingerprint density at radius 3 is 2.36 bits per heavy atom. The van der Waals surface area contributed by atoms with E-state index >= 15 is 0 Å². The molecule has 3 atom stereocenters. The molecule has 130 valence electrons. The first-order valence-corrected chi connectivity index (χ1v) is 8.43. The van der Waals surface area contributed by atoms with Gasteiger partial charge in [-0.25, -0.2) is 4.79 Å². The molecule has 0 aromatic heterocycles. The van der Waals surface area contributed by atoms with Crippen LogP contribution in [0.25, 0.3) is 0 Å². The largest absolute Gasteiger partial charge is 0.445 e. The van der Waals surface area contributed by atoms with Gasteiger partial charge in [0.15, 0.2) is 0 Å². The van der Waals surface area contributed by atoms with Gasteiger partial charge in [-0.05, 0) is 23.5 Å². The minimum absolute atomic E-state index is 0.0189. The number of carbonyl (C=O) groups is 2. The second-order valence-corrected chi connectivity index (χ2v) is 6.21. The lowest BCUT2D eigenvalue weighted by Crippen LogP contribution is -2.32. The molecule has 0 spiro atoms. The number of hydrogen-bond acceptors (Lipinski definition) is 3. The van der Waals surface area contributed by atoms with E-state index in [1.165, 1.54) is 0 Å². The van der Waals surface area contributed by atoms with Crippen LogP contribution in [-0.2, 0) is 16.1 Å². The van der Waals surface area contributed by atoms with Crippen LogP contribution in [0.2, 0.25) is 0 Å². The average Bonchev–Trinajstić information content (AvgIpc) is 3.46. The fourth-order valence-electron chi connectivity index (χ4n) is 3.06. The number of rotatable bonds is 6. The summed E-state index contributed by atoms with van der Waals surface area (Å²) < 4.78 is 5.33. The number of hydrogen-bond donors (Lipinski definition) is 2. The van der Waals surface area contributed by atoms with E-state index in [9.17, 15) is 9.59 Å². The predicted molar refractivity (Wildman–Crippen MR) is 94.6 cm³/mol. The fourth-order valence-corrected chi connectivity index (χ4v) is 3.06. The molecule has 0 unspecified atom stereocenters. The van der Waals surface area contributed by atoms with Crippen molar-refractivity contribution < 1.29 is 14.3 Å². The zero-order chi connectivity index (χ0) is 17.6. The van der Waals surface area contributed by atoms with Crippen LogP contribution in [-0.4, -0.2) is 19.0 Å². The van der Waals surface area contributed by atoms with Crippen LogP contribution in [0.5, 0.6) is 0 Å². The molecule has 1 saturated carbocycles. The van der Waals surface area contributed by atoms with Crippen molar-refractivity contribution in [3.05, 3.63) is 71.8 Å². The molecule has 0 radical (unpaired) electrons. The smallest absolute Gasteiger partial charge is 0.407 e. The molecule has 1 fully saturated rings. The van der Waals surface area contributed by atoms with Gasteiger partial charge in [0.05, 0.1) is 6.04 Å². The van der Waals surface area contributed by atoms with Crippen LogP contribution in [0.15, 0.2) is 60.7 Å². The molecule has 1 aliphatic rings. The first-order valence-electron chi connectivity index (χ1n) is 8.43. The van der Waals surface area contributed by atoms with Gasteiger partial charge in [-0.15, -0.1) is 0 Å². The van der Waals surface area contributed by atoms with Crippen molar-refractivity contribution in [1.29, 1.82) is 0 Å². The van der Waals surface area contributed by atoms with E-state index in [0.717, 1.165) is 17.5 Å². The fraction of sp³-hybridized carbons (Fsp3) is 0.300. The zero-order valence-corrected chi connectivity index (χ0v) is 14.1. The molecule has 0 saturated heterocycles. The molecule has 5 heteroatoms. The van der Waals surface area contributed by atoms with Crippen molar-refractivity contribution in [1.82, 2.24) is 10.6 Å². The van der Waals surface area contributed by atoms with Gasteiger partial charge >= 0.3 is 6.09 Å². The van der Waals surface area contributed by atoms with Crippen molar-refractivity contribution in [3.8, 4) is 0 Å².